The predicted octanol–water partition coefficient (Wildman–Crippen LogP) is 3.43. The number of halogens is 2. The van der Waals surface area contributed by atoms with Crippen LogP contribution in [0.1, 0.15) is 18.5 Å². The van der Waals surface area contributed by atoms with E-state index in [-0.39, 0.29) is 11.8 Å². The van der Waals surface area contributed by atoms with E-state index in [1.807, 2.05) is 13.0 Å². The van der Waals surface area contributed by atoms with Crippen molar-refractivity contribution < 1.29 is 13.5 Å². The minimum Gasteiger partial charge on any atom is -0.436 e. The third-order valence-electron chi connectivity index (χ3n) is 2.80. The van der Waals surface area contributed by atoms with Gasteiger partial charge in [-0.15, -0.1) is 0 Å². The van der Waals surface area contributed by atoms with E-state index in [4.69, 9.17) is 4.74 Å². The van der Waals surface area contributed by atoms with Gasteiger partial charge in [-0.2, -0.15) is 0 Å². The molecular weight excluding hydrogens is 250 g/mol. The van der Waals surface area contributed by atoms with Crippen LogP contribution in [0.2, 0.25) is 0 Å². The molecule has 2 aromatic rings. The molecule has 1 unspecified atom stereocenters. The standard InChI is InChI=1S/C14H14F2N2O/c1-9(17-2)11-4-3-7-18-14(11)19-13-6-5-10(15)8-12(13)16/h3-9,17H,1-2H3. The molecule has 5 heteroatoms. The number of hydrogen-bond acceptors (Lipinski definition) is 3. The summed E-state index contributed by atoms with van der Waals surface area (Å²) in [7, 11) is 1.81. The van der Waals surface area contributed by atoms with Crippen molar-refractivity contribution in [3.63, 3.8) is 0 Å². The van der Waals surface area contributed by atoms with E-state index in [1.165, 1.54) is 6.07 Å². The quantitative estimate of drug-likeness (QED) is 0.918. The minimum absolute atomic E-state index is 0.00668. The second-order valence-corrected chi connectivity index (χ2v) is 4.08. The fraction of sp³-hybridized carbons (Fsp3) is 0.214. The molecule has 1 atom stereocenters. The van der Waals surface area contributed by atoms with Crippen LogP contribution in [0.5, 0.6) is 11.6 Å². The van der Waals surface area contributed by atoms with Gasteiger partial charge in [0.15, 0.2) is 11.6 Å². The lowest BCUT2D eigenvalue weighted by Crippen LogP contribution is -2.13. The van der Waals surface area contributed by atoms with E-state index in [0.717, 1.165) is 17.7 Å². The second-order valence-electron chi connectivity index (χ2n) is 4.08. The fourth-order valence-electron chi connectivity index (χ4n) is 1.64. The summed E-state index contributed by atoms with van der Waals surface area (Å²) in [5.74, 6) is -1.15. The van der Waals surface area contributed by atoms with E-state index in [2.05, 4.69) is 10.3 Å². The van der Waals surface area contributed by atoms with E-state index in [9.17, 15) is 8.78 Å². The van der Waals surface area contributed by atoms with Crippen LogP contribution in [0.3, 0.4) is 0 Å². The maximum atomic E-state index is 13.5. The van der Waals surface area contributed by atoms with Crippen LogP contribution in [0.25, 0.3) is 0 Å². The first kappa shape index (κ1) is 13.4. The normalized spacial score (nSPS) is 12.2. The van der Waals surface area contributed by atoms with Gasteiger partial charge in [0.25, 0.3) is 0 Å². The van der Waals surface area contributed by atoms with Gasteiger partial charge >= 0.3 is 0 Å². The summed E-state index contributed by atoms with van der Waals surface area (Å²) in [6, 6.07) is 6.78. The number of rotatable bonds is 4. The van der Waals surface area contributed by atoms with E-state index >= 15 is 0 Å². The summed E-state index contributed by atoms with van der Waals surface area (Å²) < 4.78 is 31.8. The third kappa shape index (κ3) is 3.06. The maximum absolute atomic E-state index is 13.5. The summed E-state index contributed by atoms with van der Waals surface area (Å²) in [4.78, 5) is 4.08. The average molecular weight is 264 g/mol. The summed E-state index contributed by atoms with van der Waals surface area (Å²) >= 11 is 0. The highest BCUT2D eigenvalue weighted by molar-refractivity contribution is 5.34. The van der Waals surface area contributed by atoms with Crippen LogP contribution in [0.4, 0.5) is 8.78 Å². The Labute approximate surface area is 110 Å². The van der Waals surface area contributed by atoms with Crippen molar-refractivity contribution >= 4 is 0 Å². The molecule has 0 amide bonds. The third-order valence-corrected chi connectivity index (χ3v) is 2.80. The molecule has 100 valence electrons. The molecule has 2 rings (SSSR count). The fourth-order valence-corrected chi connectivity index (χ4v) is 1.64. The lowest BCUT2D eigenvalue weighted by molar-refractivity contribution is 0.413. The lowest BCUT2D eigenvalue weighted by Gasteiger charge is -2.15. The van der Waals surface area contributed by atoms with E-state index in [1.54, 1.807) is 19.3 Å². The first-order chi connectivity index (χ1) is 9.11. The van der Waals surface area contributed by atoms with Crippen molar-refractivity contribution in [3.05, 3.63) is 53.7 Å². The Kier molecular flexibility index (Phi) is 4.06. The summed E-state index contributed by atoms with van der Waals surface area (Å²) in [5, 5.41) is 3.06. The van der Waals surface area contributed by atoms with Crippen LogP contribution in [-0.2, 0) is 0 Å². The van der Waals surface area contributed by atoms with Crippen LogP contribution >= 0.6 is 0 Å². The van der Waals surface area contributed by atoms with Gasteiger partial charge in [0.1, 0.15) is 5.82 Å². The first-order valence-electron chi connectivity index (χ1n) is 5.87. The number of pyridine rings is 1. The molecule has 0 aliphatic rings. The highest BCUT2D eigenvalue weighted by Crippen LogP contribution is 2.28. The Bertz CT molecular complexity index is 575. The zero-order valence-electron chi connectivity index (χ0n) is 10.7. The van der Waals surface area contributed by atoms with Crippen molar-refractivity contribution in [2.24, 2.45) is 0 Å². The van der Waals surface area contributed by atoms with Gasteiger partial charge in [-0.3, -0.25) is 0 Å². The largest absolute Gasteiger partial charge is 0.436 e. The van der Waals surface area contributed by atoms with E-state index in [0.29, 0.717) is 5.88 Å². The Morgan fingerprint density at radius 1 is 1.26 bits per heavy atom. The van der Waals surface area contributed by atoms with Crippen LogP contribution in [0.15, 0.2) is 36.5 Å². The van der Waals surface area contributed by atoms with Gasteiger partial charge in [-0.1, -0.05) is 6.07 Å². The molecule has 19 heavy (non-hydrogen) atoms. The van der Waals surface area contributed by atoms with Crippen molar-refractivity contribution in [1.29, 1.82) is 0 Å². The molecule has 0 saturated heterocycles. The highest BCUT2D eigenvalue weighted by Gasteiger charge is 2.13. The first-order valence-corrected chi connectivity index (χ1v) is 5.87. The number of ether oxygens (including phenoxy) is 1. The smallest absolute Gasteiger partial charge is 0.224 e. The topological polar surface area (TPSA) is 34.2 Å². The number of nitrogens with zero attached hydrogens (tertiary/aromatic N) is 1. The Balaban J connectivity index is 2.33. The Hall–Kier alpha value is -2.01. The molecule has 0 saturated carbocycles. The van der Waals surface area contributed by atoms with Gasteiger partial charge in [0.05, 0.1) is 0 Å². The van der Waals surface area contributed by atoms with Crippen molar-refractivity contribution in [2.75, 3.05) is 7.05 Å². The molecule has 1 heterocycles. The van der Waals surface area contributed by atoms with Gasteiger partial charge in [0.2, 0.25) is 5.88 Å². The molecule has 0 bridgehead atoms. The predicted molar refractivity (Wildman–Crippen MR) is 68.1 cm³/mol. The zero-order valence-corrected chi connectivity index (χ0v) is 10.7. The Morgan fingerprint density at radius 3 is 2.74 bits per heavy atom. The number of hydrogen-bond donors (Lipinski definition) is 1. The molecule has 3 nitrogen and oxygen atoms in total. The molecule has 0 fully saturated rings. The zero-order chi connectivity index (χ0) is 13.8. The van der Waals surface area contributed by atoms with Gasteiger partial charge < -0.3 is 10.1 Å². The molecule has 1 aromatic heterocycles. The molecular formula is C14H14F2N2O. The molecule has 0 aliphatic heterocycles. The summed E-state index contributed by atoms with van der Waals surface area (Å²) in [6.45, 7) is 1.94. The Morgan fingerprint density at radius 2 is 2.05 bits per heavy atom. The maximum Gasteiger partial charge on any atom is 0.224 e. The second kappa shape index (κ2) is 5.75. The summed E-state index contributed by atoms with van der Waals surface area (Å²) in [5.41, 5.74) is 0.800. The van der Waals surface area contributed by atoms with Crippen LogP contribution in [0, 0.1) is 11.6 Å². The van der Waals surface area contributed by atoms with Gasteiger partial charge in [0, 0.05) is 23.9 Å². The molecule has 0 aliphatic carbocycles. The van der Waals surface area contributed by atoms with Crippen molar-refractivity contribution in [3.8, 4) is 11.6 Å². The number of nitrogens with one attached hydrogen (secondary N) is 1. The average Bonchev–Trinajstić information content (AvgIpc) is 2.41. The highest BCUT2D eigenvalue weighted by atomic mass is 19.1. The number of benzene rings is 1. The van der Waals surface area contributed by atoms with E-state index < -0.39 is 11.6 Å². The SMILES string of the molecule is CNC(C)c1cccnc1Oc1ccc(F)cc1F. The molecule has 0 radical (unpaired) electrons. The van der Waals surface area contributed by atoms with Crippen molar-refractivity contribution in [2.45, 2.75) is 13.0 Å². The minimum atomic E-state index is -0.756. The molecule has 1 N–H and O–H groups in total. The van der Waals surface area contributed by atoms with Crippen molar-refractivity contribution in [1.82, 2.24) is 10.3 Å². The van der Waals surface area contributed by atoms with Gasteiger partial charge in [-0.05, 0) is 32.2 Å². The number of aromatic nitrogens is 1. The monoisotopic (exact) mass is 264 g/mol. The van der Waals surface area contributed by atoms with Crippen LogP contribution < -0.4 is 10.1 Å². The molecule has 0 spiro atoms. The lowest BCUT2D eigenvalue weighted by atomic mass is 10.1. The molecule has 1 aromatic carbocycles. The summed E-state index contributed by atoms with van der Waals surface area (Å²) in [6.07, 6.45) is 1.56. The van der Waals surface area contributed by atoms with Crippen LogP contribution in [-0.4, -0.2) is 12.0 Å². The van der Waals surface area contributed by atoms with Gasteiger partial charge in [-0.25, -0.2) is 13.8 Å².